The van der Waals surface area contributed by atoms with Crippen molar-refractivity contribution in [3.05, 3.63) is 46.6 Å². The molecule has 0 radical (unpaired) electrons. The molecule has 15 heteroatoms. The smallest absolute Gasteiger partial charge is 0.239 e. The SMILES string of the molecule is COc1cc(O)c2c(=O)c(O[C@@H]3O[C@H](CO)[C@H](O)[C@H](O)[C@@H]3O[C@@H]3O[C@H](C)[C@H](O)[C@H](O)[C@@H]3O)c(-c3cccc(O)c3)oc2c1. The third-order valence-electron chi connectivity index (χ3n) is 7.41. The summed E-state index contributed by atoms with van der Waals surface area (Å²) < 4.78 is 33.9. The fourth-order valence-corrected chi connectivity index (χ4v) is 5.01. The second kappa shape index (κ2) is 12.2. The van der Waals surface area contributed by atoms with Gasteiger partial charge >= 0.3 is 0 Å². The van der Waals surface area contributed by atoms with Crippen LogP contribution < -0.4 is 14.9 Å². The Bertz CT molecular complexity index is 1510. The molecule has 1 aromatic heterocycles. The average Bonchev–Trinajstić information content (AvgIpc) is 2.98. The number of aliphatic hydroxyl groups is 6. The van der Waals surface area contributed by atoms with E-state index in [0.29, 0.717) is 0 Å². The van der Waals surface area contributed by atoms with E-state index in [0.717, 1.165) is 0 Å². The Balaban J connectivity index is 1.61. The first-order chi connectivity index (χ1) is 20.4. The summed E-state index contributed by atoms with van der Waals surface area (Å²) in [5, 5.41) is 82.5. The van der Waals surface area contributed by atoms with Crippen LogP contribution >= 0.6 is 0 Å². The lowest BCUT2D eigenvalue weighted by Crippen LogP contribution is -2.64. The standard InChI is InChI=1S/C28H32O15/c1-10-18(32)21(35)23(37)27(39-10)43-26-22(36)19(33)16(9-29)41-28(26)42-25-20(34)17-14(31)7-13(38-2)8-15(17)40-24(25)11-4-3-5-12(30)6-11/h3-8,10,16,18-19,21-23,26-33,35-37H,9H2,1-2H3/t10-,16-,18+,19+,21+,22+,23+,26+,27+,28+/m1/s1. The number of benzene rings is 2. The average molecular weight is 609 g/mol. The molecule has 2 fully saturated rings. The molecule has 10 atom stereocenters. The van der Waals surface area contributed by atoms with Gasteiger partial charge in [-0.2, -0.15) is 0 Å². The van der Waals surface area contributed by atoms with Crippen molar-refractivity contribution in [2.24, 2.45) is 0 Å². The highest BCUT2D eigenvalue weighted by molar-refractivity contribution is 5.88. The summed E-state index contributed by atoms with van der Waals surface area (Å²) in [6, 6.07) is 8.11. The van der Waals surface area contributed by atoms with Crippen LogP contribution in [0.2, 0.25) is 0 Å². The lowest BCUT2D eigenvalue weighted by atomic mass is 9.97. The monoisotopic (exact) mass is 608 g/mol. The lowest BCUT2D eigenvalue weighted by molar-refractivity contribution is -0.354. The second-order valence-electron chi connectivity index (χ2n) is 10.3. The van der Waals surface area contributed by atoms with E-state index in [1.54, 1.807) is 0 Å². The van der Waals surface area contributed by atoms with Crippen molar-refractivity contribution in [2.75, 3.05) is 13.7 Å². The maximum atomic E-state index is 13.8. The van der Waals surface area contributed by atoms with Gasteiger partial charge < -0.3 is 69.0 Å². The summed E-state index contributed by atoms with van der Waals surface area (Å²) >= 11 is 0. The number of methoxy groups -OCH3 is 1. The number of hydrogen-bond donors (Lipinski definition) is 8. The minimum Gasteiger partial charge on any atom is -0.508 e. The van der Waals surface area contributed by atoms with Gasteiger partial charge in [0, 0.05) is 17.7 Å². The predicted octanol–water partition coefficient (Wildman–Crippen LogP) is -1.09. The predicted molar refractivity (Wildman–Crippen MR) is 143 cm³/mol. The van der Waals surface area contributed by atoms with Gasteiger partial charge in [-0.1, -0.05) is 12.1 Å². The number of rotatable bonds is 7. The van der Waals surface area contributed by atoms with Crippen LogP contribution in [0.25, 0.3) is 22.3 Å². The van der Waals surface area contributed by atoms with Gasteiger partial charge in [-0.25, -0.2) is 0 Å². The normalized spacial score (nSPS) is 32.9. The highest BCUT2D eigenvalue weighted by Gasteiger charge is 2.51. The van der Waals surface area contributed by atoms with E-state index >= 15 is 0 Å². The highest BCUT2D eigenvalue weighted by Crippen LogP contribution is 2.38. The molecule has 3 aromatic rings. The number of hydrogen-bond acceptors (Lipinski definition) is 15. The molecule has 2 aromatic carbocycles. The number of phenolic OH excluding ortho intramolecular Hbond substituents is 2. The van der Waals surface area contributed by atoms with Crippen LogP contribution in [0.5, 0.6) is 23.0 Å². The van der Waals surface area contributed by atoms with E-state index in [9.17, 15) is 45.6 Å². The van der Waals surface area contributed by atoms with Gasteiger partial charge in [-0.15, -0.1) is 0 Å². The van der Waals surface area contributed by atoms with Crippen LogP contribution in [0, 0.1) is 0 Å². The summed E-state index contributed by atoms with van der Waals surface area (Å²) in [5.74, 6) is -1.36. The number of fused-ring (bicyclic) bond motifs is 1. The van der Waals surface area contributed by atoms with Crippen LogP contribution in [0.15, 0.2) is 45.6 Å². The quantitative estimate of drug-likeness (QED) is 0.159. The first-order valence-corrected chi connectivity index (χ1v) is 13.3. The molecular weight excluding hydrogens is 576 g/mol. The Morgan fingerprint density at radius 1 is 0.884 bits per heavy atom. The molecule has 0 unspecified atom stereocenters. The largest absolute Gasteiger partial charge is 0.508 e. The fourth-order valence-electron chi connectivity index (χ4n) is 5.01. The second-order valence-corrected chi connectivity index (χ2v) is 10.3. The molecule has 0 bridgehead atoms. The van der Waals surface area contributed by atoms with Gasteiger partial charge in [0.1, 0.15) is 64.8 Å². The Hall–Kier alpha value is -3.51. The first-order valence-electron chi connectivity index (χ1n) is 13.3. The zero-order chi connectivity index (χ0) is 31.2. The van der Waals surface area contributed by atoms with E-state index in [2.05, 4.69) is 0 Å². The van der Waals surface area contributed by atoms with E-state index in [4.69, 9.17) is 28.1 Å². The van der Waals surface area contributed by atoms with Crippen molar-refractivity contribution in [3.8, 4) is 34.3 Å². The Kier molecular flexibility index (Phi) is 8.80. The van der Waals surface area contributed by atoms with Crippen LogP contribution in [-0.2, 0) is 14.2 Å². The number of aromatic hydroxyl groups is 2. The van der Waals surface area contributed by atoms with Crippen LogP contribution in [0.3, 0.4) is 0 Å². The maximum Gasteiger partial charge on any atom is 0.239 e. The van der Waals surface area contributed by atoms with Crippen LogP contribution in [0.4, 0.5) is 0 Å². The molecule has 43 heavy (non-hydrogen) atoms. The minimum absolute atomic E-state index is 0.103. The molecule has 2 saturated heterocycles. The molecule has 3 heterocycles. The van der Waals surface area contributed by atoms with Crippen molar-refractivity contribution < 1.29 is 69.0 Å². The third kappa shape index (κ3) is 5.74. The van der Waals surface area contributed by atoms with Crippen LogP contribution in [-0.4, -0.2) is 116 Å². The summed E-state index contributed by atoms with van der Waals surface area (Å²) in [6.07, 6.45) is -16.2. The first kappa shape index (κ1) is 30.9. The lowest BCUT2D eigenvalue weighted by Gasteiger charge is -2.45. The van der Waals surface area contributed by atoms with E-state index in [-0.39, 0.29) is 33.8 Å². The third-order valence-corrected chi connectivity index (χ3v) is 7.41. The Morgan fingerprint density at radius 3 is 2.30 bits per heavy atom. The van der Waals surface area contributed by atoms with Crippen molar-refractivity contribution in [2.45, 2.75) is 68.3 Å². The van der Waals surface area contributed by atoms with Gasteiger partial charge in [0.15, 0.2) is 18.2 Å². The summed E-state index contributed by atoms with van der Waals surface area (Å²) in [6.45, 7) is 0.611. The zero-order valence-electron chi connectivity index (χ0n) is 22.9. The highest BCUT2D eigenvalue weighted by atomic mass is 16.8. The molecule has 2 aliphatic heterocycles. The van der Waals surface area contributed by atoms with Gasteiger partial charge in [0.05, 0.1) is 19.8 Å². The van der Waals surface area contributed by atoms with E-state index in [1.165, 1.54) is 50.4 Å². The molecule has 0 saturated carbocycles. The summed E-state index contributed by atoms with van der Waals surface area (Å²) in [4.78, 5) is 13.8. The van der Waals surface area contributed by atoms with Gasteiger partial charge in [0.25, 0.3) is 0 Å². The molecule has 0 spiro atoms. The molecule has 2 aliphatic rings. The molecule has 0 amide bonds. The molecule has 8 N–H and O–H groups in total. The summed E-state index contributed by atoms with van der Waals surface area (Å²) in [5.41, 5.74) is -0.862. The van der Waals surface area contributed by atoms with Crippen molar-refractivity contribution >= 4 is 11.0 Å². The topological polar surface area (TPSA) is 238 Å². The van der Waals surface area contributed by atoms with Crippen LogP contribution in [0.1, 0.15) is 6.92 Å². The number of aliphatic hydroxyl groups excluding tert-OH is 6. The van der Waals surface area contributed by atoms with Crippen molar-refractivity contribution in [1.82, 2.24) is 0 Å². The summed E-state index contributed by atoms with van der Waals surface area (Å²) in [7, 11) is 1.34. The minimum atomic E-state index is -1.86. The Morgan fingerprint density at radius 2 is 1.63 bits per heavy atom. The molecule has 234 valence electrons. The number of phenols is 2. The zero-order valence-corrected chi connectivity index (χ0v) is 22.9. The number of ether oxygens (including phenoxy) is 5. The van der Waals surface area contributed by atoms with Gasteiger partial charge in [-0.3, -0.25) is 4.79 Å². The van der Waals surface area contributed by atoms with Gasteiger partial charge in [0.2, 0.25) is 17.5 Å². The van der Waals surface area contributed by atoms with E-state index in [1.807, 2.05) is 0 Å². The fraction of sp³-hybridized carbons (Fsp3) is 0.464. The molecule has 0 aliphatic carbocycles. The Labute approximate surface area is 243 Å². The molecule has 15 nitrogen and oxygen atoms in total. The van der Waals surface area contributed by atoms with Crippen molar-refractivity contribution in [1.29, 1.82) is 0 Å². The van der Waals surface area contributed by atoms with Gasteiger partial charge in [-0.05, 0) is 19.1 Å². The molecular formula is C28H32O15. The van der Waals surface area contributed by atoms with E-state index < -0.39 is 84.9 Å². The maximum absolute atomic E-state index is 13.8. The van der Waals surface area contributed by atoms with Crippen molar-refractivity contribution in [3.63, 3.8) is 0 Å². The molecule has 5 rings (SSSR count).